The molecule has 10 nitrogen and oxygen atoms in total. The van der Waals surface area contributed by atoms with E-state index in [-0.39, 0.29) is 44.4 Å². The molecule has 4 N–H and O–H groups in total. The highest BCUT2D eigenvalue weighted by molar-refractivity contribution is 5.84. The molecule has 0 radical (unpaired) electrons. The van der Waals surface area contributed by atoms with Crippen molar-refractivity contribution in [2.24, 2.45) is 0 Å². The van der Waals surface area contributed by atoms with Gasteiger partial charge in [-0.3, -0.25) is 4.79 Å². The third kappa shape index (κ3) is 7.75. The molecule has 0 saturated heterocycles. The summed E-state index contributed by atoms with van der Waals surface area (Å²) in [6.07, 6.45) is -0.126. The van der Waals surface area contributed by atoms with Crippen molar-refractivity contribution in [3.8, 4) is 22.3 Å². The van der Waals surface area contributed by atoms with Crippen molar-refractivity contribution in [2.45, 2.75) is 43.6 Å². The van der Waals surface area contributed by atoms with Crippen molar-refractivity contribution in [1.29, 1.82) is 0 Å². The number of amides is 3. The van der Waals surface area contributed by atoms with E-state index >= 15 is 0 Å². The fourth-order valence-electron chi connectivity index (χ4n) is 6.76. The number of hydrogen-bond donors (Lipinski definition) is 4. The topological polar surface area (TPSA) is 143 Å². The quantitative estimate of drug-likeness (QED) is 0.118. The van der Waals surface area contributed by atoms with Gasteiger partial charge in [0.25, 0.3) is 0 Å². The zero-order valence-corrected chi connectivity index (χ0v) is 27.0. The Hall–Kier alpha value is -5.64. The van der Waals surface area contributed by atoms with Crippen molar-refractivity contribution in [3.05, 3.63) is 119 Å². The fraction of sp³-hybridized carbons (Fsp3) is 0.282. The van der Waals surface area contributed by atoms with Gasteiger partial charge in [-0.25, -0.2) is 14.4 Å². The van der Waals surface area contributed by atoms with Crippen LogP contribution in [-0.4, -0.2) is 61.5 Å². The number of carbonyl (C=O) groups excluding carboxylic acids is 3. The van der Waals surface area contributed by atoms with Crippen LogP contribution in [0.25, 0.3) is 22.3 Å². The van der Waals surface area contributed by atoms with Gasteiger partial charge < -0.3 is 30.5 Å². The van der Waals surface area contributed by atoms with Gasteiger partial charge in [0.1, 0.15) is 19.3 Å². The SMILES string of the molecule is O=C(CCNC(=O)OCC1c2ccccc2-c2ccccc21)N[C@@H](CCCCNC(=O)OCC1c2ccccc2-c2ccccc21)C(=O)O. The summed E-state index contributed by atoms with van der Waals surface area (Å²) in [4.78, 5) is 49.0. The largest absolute Gasteiger partial charge is 0.480 e. The fourth-order valence-corrected chi connectivity index (χ4v) is 6.76. The average molecular weight is 662 g/mol. The molecule has 3 amide bonds. The molecule has 6 rings (SSSR count). The highest BCUT2D eigenvalue weighted by Gasteiger charge is 2.30. The van der Waals surface area contributed by atoms with Crippen molar-refractivity contribution >= 4 is 24.1 Å². The van der Waals surface area contributed by atoms with Gasteiger partial charge in [-0.05, 0) is 63.8 Å². The number of alkyl carbamates (subject to hydrolysis) is 2. The van der Waals surface area contributed by atoms with Crippen molar-refractivity contribution in [2.75, 3.05) is 26.3 Å². The summed E-state index contributed by atoms with van der Waals surface area (Å²) in [6.45, 7) is 0.673. The Labute approximate surface area is 284 Å². The summed E-state index contributed by atoms with van der Waals surface area (Å²) >= 11 is 0. The minimum absolute atomic E-state index is 0.00109. The predicted octanol–water partition coefficient (Wildman–Crippen LogP) is 6.19. The van der Waals surface area contributed by atoms with Gasteiger partial charge >= 0.3 is 18.2 Å². The van der Waals surface area contributed by atoms with Crippen LogP contribution in [0.5, 0.6) is 0 Å². The Morgan fingerprint density at radius 2 is 1.00 bits per heavy atom. The second kappa shape index (κ2) is 15.5. The molecule has 0 heterocycles. The van der Waals surface area contributed by atoms with Crippen molar-refractivity contribution in [3.63, 3.8) is 0 Å². The third-order valence-corrected chi connectivity index (χ3v) is 9.13. The summed E-state index contributed by atoms with van der Waals surface area (Å²) in [5.41, 5.74) is 9.02. The van der Waals surface area contributed by atoms with Crippen LogP contribution >= 0.6 is 0 Å². The lowest BCUT2D eigenvalue weighted by molar-refractivity contribution is -0.142. The summed E-state index contributed by atoms with van der Waals surface area (Å²) in [5, 5.41) is 17.4. The maximum absolute atomic E-state index is 12.5. The monoisotopic (exact) mass is 661 g/mol. The van der Waals surface area contributed by atoms with Crippen LogP contribution in [0.15, 0.2) is 97.1 Å². The smallest absolute Gasteiger partial charge is 0.407 e. The van der Waals surface area contributed by atoms with Gasteiger partial charge in [-0.2, -0.15) is 0 Å². The van der Waals surface area contributed by atoms with E-state index in [9.17, 15) is 24.3 Å². The van der Waals surface area contributed by atoms with E-state index in [4.69, 9.17) is 9.47 Å². The van der Waals surface area contributed by atoms with Gasteiger partial charge in [-0.1, -0.05) is 97.1 Å². The van der Waals surface area contributed by atoms with E-state index in [1.807, 2.05) is 60.7 Å². The molecule has 0 bridgehead atoms. The molecule has 0 unspecified atom stereocenters. The number of carboxylic acid groups (broad SMARTS) is 1. The Balaban J connectivity index is 0.858. The Morgan fingerprint density at radius 1 is 0.592 bits per heavy atom. The number of rotatable bonds is 14. The molecule has 0 spiro atoms. The molecule has 1 atom stereocenters. The summed E-state index contributed by atoms with van der Waals surface area (Å²) < 4.78 is 11.0. The highest BCUT2D eigenvalue weighted by Crippen LogP contribution is 2.45. The standard InChI is InChI=1S/C39H39N3O7/c43-36(20-22-41-39(47)49-24-34-31-17-7-3-13-27(31)28-14-4-8-18-32(28)34)42-35(37(44)45)19-9-10-21-40-38(46)48-23-33-29-15-5-1-11-25(29)26-12-2-6-16-30(26)33/h1-8,11-18,33-35H,9-10,19-24H2,(H,40,46)(H,41,47)(H,42,43)(H,44,45)/t35-/m0/s1. The predicted molar refractivity (Wildman–Crippen MR) is 184 cm³/mol. The van der Waals surface area contributed by atoms with E-state index in [0.717, 1.165) is 44.5 Å². The van der Waals surface area contributed by atoms with Crippen LogP contribution in [0.4, 0.5) is 9.59 Å². The van der Waals surface area contributed by atoms with Gasteiger partial charge in [0, 0.05) is 31.3 Å². The Kier molecular flexibility index (Phi) is 10.5. The van der Waals surface area contributed by atoms with Crippen LogP contribution in [0.2, 0.25) is 0 Å². The lowest BCUT2D eigenvalue weighted by Crippen LogP contribution is -2.42. The number of nitrogens with one attached hydrogen (secondary N) is 3. The number of benzene rings is 4. The second-order valence-corrected chi connectivity index (χ2v) is 12.2. The first-order chi connectivity index (χ1) is 23.9. The molecule has 0 fully saturated rings. The van der Waals surface area contributed by atoms with Crippen molar-refractivity contribution < 1.29 is 33.8 Å². The van der Waals surface area contributed by atoms with Crippen LogP contribution in [0, 0.1) is 0 Å². The second-order valence-electron chi connectivity index (χ2n) is 12.2. The molecular weight excluding hydrogens is 622 g/mol. The van der Waals surface area contributed by atoms with E-state index in [1.54, 1.807) is 0 Å². The molecule has 10 heteroatoms. The van der Waals surface area contributed by atoms with Crippen LogP contribution in [-0.2, 0) is 19.1 Å². The minimum atomic E-state index is -1.15. The molecule has 2 aliphatic carbocycles. The lowest BCUT2D eigenvalue weighted by Gasteiger charge is -2.16. The normalized spacial score (nSPS) is 13.3. The van der Waals surface area contributed by atoms with Crippen LogP contribution in [0.1, 0.15) is 59.8 Å². The summed E-state index contributed by atoms with van der Waals surface area (Å²) in [7, 11) is 0. The van der Waals surface area contributed by atoms with Gasteiger partial charge in [0.15, 0.2) is 0 Å². The third-order valence-electron chi connectivity index (χ3n) is 9.13. The molecule has 0 saturated carbocycles. The van der Waals surface area contributed by atoms with Gasteiger partial charge in [0.2, 0.25) is 5.91 Å². The molecule has 252 valence electrons. The number of aliphatic carboxylic acids is 1. The summed E-state index contributed by atoms with van der Waals surface area (Å²) in [6, 6.07) is 31.2. The lowest BCUT2D eigenvalue weighted by atomic mass is 9.98. The number of carbonyl (C=O) groups is 4. The van der Waals surface area contributed by atoms with Crippen LogP contribution in [0.3, 0.4) is 0 Å². The number of carboxylic acids is 1. The minimum Gasteiger partial charge on any atom is -0.480 e. The number of ether oxygens (including phenoxy) is 2. The molecule has 0 aliphatic heterocycles. The number of unbranched alkanes of at least 4 members (excludes halogenated alkanes) is 1. The van der Waals surface area contributed by atoms with Gasteiger partial charge in [0.05, 0.1) is 0 Å². The Bertz CT molecular complexity index is 1750. The zero-order valence-electron chi connectivity index (χ0n) is 27.0. The maximum atomic E-state index is 12.5. The first kappa shape index (κ1) is 33.3. The first-order valence-corrected chi connectivity index (χ1v) is 16.6. The summed E-state index contributed by atoms with van der Waals surface area (Å²) in [5.74, 6) is -1.76. The van der Waals surface area contributed by atoms with Gasteiger partial charge in [-0.15, -0.1) is 0 Å². The van der Waals surface area contributed by atoms with E-state index < -0.39 is 30.1 Å². The van der Waals surface area contributed by atoms with E-state index in [2.05, 4.69) is 52.3 Å². The number of hydrogen-bond acceptors (Lipinski definition) is 6. The van der Waals surface area contributed by atoms with Crippen LogP contribution < -0.4 is 16.0 Å². The van der Waals surface area contributed by atoms with E-state index in [0.29, 0.717) is 19.4 Å². The van der Waals surface area contributed by atoms with E-state index in [1.165, 1.54) is 0 Å². The first-order valence-electron chi connectivity index (χ1n) is 16.6. The number of fused-ring (bicyclic) bond motifs is 6. The molecule has 2 aliphatic rings. The highest BCUT2D eigenvalue weighted by atomic mass is 16.6. The zero-order chi connectivity index (χ0) is 34.2. The molecule has 0 aromatic heterocycles. The molecule has 4 aromatic rings. The maximum Gasteiger partial charge on any atom is 0.407 e. The Morgan fingerprint density at radius 3 is 1.43 bits per heavy atom. The molecular formula is C39H39N3O7. The molecule has 4 aromatic carbocycles. The molecule has 49 heavy (non-hydrogen) atoms. The average Bonchev–Trinajstić information content (AvgIpc) is 3.61. The van der Waals surface area contributed by atoms with Crippen molar-refractivity contribution in [1.82, 2.24) is 16.0 Å².